The summed E-state index contributed by atoms with van der Waals surface area (Å²) in [7, 11) is 0. The van der Waals surface area contributed by atoms with Gasteiger partial charge < -0.3 is 4.74 Å². The van der Waals surface area contributed by atoms with Crippen LogP contribution in [0.2, 0.25) is 0 Å². The lowest BCUT2D eigenvalue weighted by Crippen LogP contribution is -2.25. The van der Waals surface area contributed by atoms with Crippen LogP contribution in [-0.2, 0) is 5.60 Å². The summed E-state index contributed by atoms with van der Waals surface area (Å²) in [5, 5.41) is 9.00. The Bertz CT molecular complexity index is 614. The number of hydrogen-bond acceptors (Lipinski definition) is 2. The maximum absolute atomic E-state index is 13.5. The monoisotopic (exact) mass is 255 g/mol. The molecule has 0 aromatic heterocycles. The van der Waals surface area contributed by atoms with Crippen LogP contribution in [0.4, 0.5) is 4.39 Å². The Labute approximate surface area is 112 Å². The van der Waals surface area contributed by atoms with Crippen molar-refractivity contribution in [1.82, 2.24) is 0 Å². The van der Waals surface area contributed by atoms with Crippen molar-refractivity contribution in [3.05, 3.63) is 65.5 Å². The lowest BCUT2D eigenvalue weighted by molar-refractivity contribution is 0.108. The van der Waals surface area contributed by atoms with E-state index in [1.165, 1.54) is 12.1 Å². The Morgan fingerprint density at radius 3 is 2.37 bits per heavy atom. The number of nitriles is 1. The molecule has 0 aliphatic heterocycles. The van der Waals surface area contributed by atoms with Gasteiger partial charge in [0.2, 0.25) is 0 Å². The molecule has 0 saturated carbocycles. The van der Waals surface area contributed by atoms with Crippen LogP contribution in [0.5, 0.6) is 5.75 Å². The third-order valence-corrected chi connectivity index (χ3v) is 2.92. The van der Waals surface area contributed by atoms with Crippen molar-refractivity contribution in [3.63, 3.8) is 0 Å². The molecule has 0 aliphatic carbocycles. The van der Waals surface area contributed by atoms with E-state index in [2.05, 4.69) is 0 Å². The zero-order valence-corrected chi connectivity index (χ0v) is 10.9. The van der Waals surface area contributed by atoms with Gasteiger partial charge in [0.15, 0.2) is 0 Å². The molecule has 0 bridgehead atoms. The van der Waals surface area contributed by atoms with E-state index in [1.54, 1.807) is 6.07 Å². The molecule has 0 aliphatic rings. The highest BCUT2D eigenvalue weighted by Gasteiger charge is 2.24. The fraction of sp³-hybridized carbons (Fsp3) is 0.188. The second-order valence-corrected chi connectivity index (χ2v) is 4.70. The molecule has 0 spiro atoms. The Morgan fingerprint density at radius 2 is 1.74 bits per heavy atom. The maximum atomic E-state index is 13.5. The number of benzene rings is 2. The standard InChI is InChI=1S/C16H14FNO/c1-16(2,12-7-4-3-5-8-12)19-15-10-6-9-14(17)13(15)11-18/h3-10H,1-2H3. The summed E-state index contributed by atoms with van der Waals surface area (Å²) in [5.41, 5.74) is 0.260. The highest BCUT2D eigenvalue weighted by atomic mass is 19.1. The predicted molar refractivity (Wildman–Crippen MR) is 71.2 cm³/mol. The minimum Gasteiger partial charge on any atom is -0.482 e. The van der Waals surface area contributed by atoms with E-state index in [0.717, 1.165) is 5.56 Å². The third-order valence-electron chi connectivity index (χ3n) is 2.92. The fourth-order valence-electron chi connectivity index (χ4n) is 1.87. The minimum absolute atomic E-state index is 0.0634. The summed E-state index contributed by atoms with van der Waals surface area (Å²) < 4.78 is 19.4. The van der Waals surface area contributed by atoms with Crippen molar-refractivity contribution in [3.8, 4) is 11.8 Å². The number of halogens is 1. The zero-order chi connectivity index (χ0) is 13.9. The van der Waals surface area contributed by atoms with Crippen LogP contribution in [0.1, 0.15) is 25.0 Å². The summed E-state index contributed by atoms with van der Waals surface area (Å²) in [6.45, 7) is 3.77. The Kier molecular flexibility index (Phi) is 3.52. The minimum atomic E-state index is -0.638. The Balaban J connectivity index is 2.37. The molecule has 0 unspecified atom stereocenters. The lowest BCUT2D eigenvalue weighted by Gasteiger charge is -2.27. The van der Waals surface area contributed by atoms with Crippen molar-refractivity contribution in [2.24, 2.45) is 0 Å². The van der Waals surface area contributed by atoms with Gasteiger partial charge in [-0.25, -0.2) is 4.39 Å². The third kappa shape index (κ3) is 2.74. The van der Waals surface area contributed by atoms with E-state index >= 15 is 0 Å². The first kappa shape index (κ1) is 13.1. The summed E-state index contributed by atoms with van der Waals surface area (Å²) in [5.74, 6) is -0.305. The molecule has 0 atom stereocenters. The molecule has 2 nitrogen and oxygen atoms in total. The first-order valence-electron chi connectivity index (χ1n) is 5.98. The molecule has 0 fully saturated rings. The molecule has 19 heavy (non-hydrogen) atoms. The first-order valence-corrected chi connectivity index (χ1v) is 5.98. The van der Waals surface area contributed by atoms with E-state index in [-0.39, 0.29) is 11.3 Å². The predicted octanol–water partition coefficient (Wildman–Crippen LogP) is 4.01. The van der Waals surface area contributed by atoms with Crippen LogP contribution in [0.25, 0.3) is 0 Å². The average molecular weight is 255 g/mol. The molecule has 0 amide bonds. The molecule has 3 heteroatoms. The molecule has 2 aromatic rings. The van der Waals surface area contributed by atoms with Gasteiger partial charge in [-0.1, -0.05) is 36.4 Å². The molecule has 2 aromatic carbocycles. The summed E-state index contributed by atoms with van der Waals surface area (Å²) in [4.78, 5) is 0. The number of rotatable bonds is 3. The van der Waals surface area contributed by atoms with E-state index < -0.39 is 11.4 Å². The van der Waals surface area contributed by atoms with E-state index in [1.807, 2.05) is 50.2 Å². The average Bonchev–Trinajstić information content (AvgIpc) is 2.40. The summed E-state index contributed by atoms with van der Waals surface area (Å²) >= 11 is 0. The lowest BCUT2D eigenvalue weighted by atomic mass is 9.98. The van der Waals surface area contributed by atoms with Crippen molar-refractivity contribution >= 4 is 0 Å². The second-order valence-electron chi connectivity index (χ2n) is 4.70. The van der Waals surface area contributed by atoms with Gasteiger partial charge in [-0.15, -0.1) is 0 Å². The van der Waals surface area contributed by atoms with Crippen LogP contribution in [-0.4, -0.2) is 0 Å². The Morgan fingerprint density at radius 1 is 1.05 bits per heavy atom. The normalized spacial score (nSPS) is 10.8. The first-order chi connectivity index (χ1) is 9.04. The van der Waals surface area contributed by atoms with Gasteiger partial charge in [0, 0.05) is 0 Å². The molecule has 0 radical (unpaired) electrons. The van der Waals surface area contributed by atoms with Crippen LogP contribution in [0.15, 0.2) is 48.5 Å². The highest BCUT2D eigenvalue weighted by molar-refractivity contribution is 5.44. The summed E-state index contributed by atoms with van der Waals surface area (Å²) in [6.07, 6.45) is 0. The van der Waals surface area contributed by atoms with Gasteiger partial charge in [-0.2, -0.15) is 5.26 Å². The van der Waals surface area contributed by atoms with Crippen molar-refractivity contribution in [1.29, 1.82) is 5.26 Å². The molecule has 0 saturated heterocycles. The topological polar surface area (TPSA) is 33.0 Å². The van der Waals surface area contributed by atoms with Crippen LogP contribution in [0, 0.1) is 17.1 Å². The van der Waals surface area contributed by atoms with Crippen LogP contribution < -0.4 is 4.74 Å². The largest absolute Gasteiger partial charge is 0.482 e. The fourth-order valence-corrected chi connectivity index (χ4v) is 1.87. The zero-order valence-electron chi connectivity index (χ0n) is 10.9. The van der Waals surface area contributed by atoms with Crippen molar-refractivity contribution in [2.45, 2.75) is 19.4 Å². The van der Waals surface area contributed by atoms with Gasteiger partial charge in [0.1, 0.15) is 28.8 Å². The van der Waals surface area contributed by atoms with E-state index in [0.29, 0.717) is 0 Å². The quantitative estimate of drug-likeness (QED) is 0.830. The van der Waals surface area contributed by atoms with Gasteiger partial charge in [0.05, 0.1) is 0 Å². The Hall–Kier alpha value is -2.34. The molecular weight excluding hydrogens is 241 g/mol. The smallest absolute Gasteiger partial charge is 0.144 e. The second kappa shape index (κ2) is 5.11. The summed E-state index contributed by atoms with van der Waals surface area (Å²) in [6, 6.07) is 15.8. The van der Waals surface area contributed by atoms with Gasteiger partial charge in [-0.05, 0) is 31.5 Å². The molecule has 0 N–H and O–H groups in total. The highest BCUT2D eigenvalue weighted by Crippen LogP contribution is 2.30. The van der Waals surface area contributed by atoms with Gasteiger partial charge in [-0.3, -0.25) is 0 Å². The van der Waals surface area contributed by atoms with Gasteiger partial charge in [0.25, 0.3) is 0 Å². The van der Waals surface area contributed by atoms with Gasteiger partial charge >= 0.3 is 0 Å². The molecular formula is C16H14FNO. The van der Waals surface area contributed by atoms with E-state index in [9.17, 15) is 4.39 Å². The number of ether oxygens (including phenoxy) is 1. The van der Waals surface area contributed by atoms with Crippen LogP contribution in [0.3, 0.4) is 0 Å². The van der Waals surface area contributed by atoms with Crippen molar-refractivity contribution < 1.29 is 9.13 Å². The molecule has 0 heterocycles. The maximum Gasteiger partial charge on any atom is 0.144 e. The number of nitrogens with zero attached hydrogens (tertiary/aromatic N) is 1. The van der Waals surface area contributed by atoms with Crippen molar-refractivity contribution in [2.75, 3.05) is 0 Å². The molecule has 2 rings (SSSR count). The molecule has 96 valence electrons. The van der Waals surface area contributed by atoms with Crippen LogP contribution >= 0.6 is 0 Å². The number of hydrogen-bond donors (Lipinski definition) is 0. The SMILES string of the molecule is CC(C)(Oc1cccc(F)c1C#N)c1ccccc1. The van der Waals surface area contributed by atoms with E-state index in [4.69, 9.17) is 10.00 Å².